The van der Waals surface area contributed by atoms with Gasteiger partial charge in [0, 0.05) is 13.0 Å². The first-order chi connectivity index (χ1) is 30.8. The van der Waals surface area contributed by atoms with Gasteiger partial charge in [-0.3, -0.25) is 4.79 Å². The minimum atomic E-state index is 0.0274. The Balaban J connectivity index is 3.15. The van der Waals surface area contributed by atoms with Gasteiger partial charge in [-0.1, -0.05) is 308 Å². The standard InChI is InChI=1S/C59H116O3/c1-2-3-4-5-6-7-8-9-10-11-29-32-35-38-41-44-47-50-53-56-59(61)62-58-55-52-49-46-43-40-37-34-31-28-26-24-22-20-18-16-14-12-13-15-17-19-21-23-25-27-30-33-36-39-42-45-48-51-54-57-60/h9-10,60H,2-8,11-58H2,1H3. The summed E-state index contributed by atoms with van der Waals surface area (Å²) in [6.07, 6.45) is 76.9. The molecule has 0 rings (SSSR count). The quantitative estimate of drug-likeness (QED) is 0.0376. The normalized spacial score (nSPS) is 11.7. The van der Waals surface area contributed by atoms with Gasteiger partial charge < -0.3 is 9.84 Å². The number of unbranched alkanes of at least 4 members (excludes halogenated alkanes) is 49. The van der Waals surface area contributed by atoms with E-state index < -0.39 is 0 Å². The summed E-state index contributed by atoms with van der Waals surface area (Å²) in [7, 11) is 0. The van der Waals surface area contributed by atoms with Crippen molar-refractivity contribution in [2.45, 2.75) is 347 Å². The summed E-state index contributed by atoms with van der Waals surface area (Å²) in [5, 5.41) is 8.83. The van der Waals surface area contributed by atoms with Crippen molar-refractivity contribution in [3.63, 3.8) is 0 Å². The van der Waals surface area contributed by atoms with Gasteiger partial charge in [0.2, 0.25) is 0 Å². The number of allylic oxidation sites excluding steroid dienone is 2. The summed E-state index contributed by atoms with van der Waals surface area (Å²) in [5.74, 6) is 0.0274. The second kappa shape index (κ2) is 58.2. The topological polar surface area (TPSA) is 46.5 Å². The molecule has 3 nitrogen and oxygen atoms in total. The summed E-state index contributed by atoms with van der Waals surface area (Å²) in [4.78, 5) is 12.1. The van der Waals surface area contributed by atoms with Gasteiger partial charge in [0.05, 0.1) is 6.61 Å². The fourth-order valence-corrected chi connectivity index (χ4v) is 9.35. The number of carbonyl (C=O) groups excluding carboxylic acids is 1. The molecular weight excluding hydrogens is 757 g/mol. The molecule has 0 aromatic carbocycles. The van der Waals surface area contributed by atoms with Crippen molar-refractivity contribution in [3.8, 4) is 0 Å². The lowest BCUT2D eigenvalue weighted by molar-refractivity contribution is -0.143. The molecule has 0 atom stereocenters. The molecule has 0 heterocycles. The molecule has 0 spiro atoms. The molecular formula is C59H116O3. The summed E-state index contributed by atoms with van der Waals surface area (Å²) >= 11 is 0. The van der Waals surface area contributed by atoms with E-state index in [1.807, 2.05) is 0 Å². The molecule has 0 aliphatic heterocycles. The van der Waals surface area contributed by atoms with Crippen molar-refractivity contribution in [1.82, 2.24) is 0 Å². The van der Waals surface area contributed by atoms with E-state index in [2.05, 4.69) is 19.1 Å². The van der Waals surface area contributed by atoms with E-state index in [4.69, 9.17) is 9.84 Å². The van der Waals surface area contributed by atoms with E-state index in [1.54, 1.807) is 0 Å². The molecule has 1 N–H and O–H groups in total. The maximum atomic E-state index is 12.1. The van der Waals surface area contributed by atoms with Gasteiger partial charge in [0.25, 0.3) is 0 Å². The van der Waals surface area contributed by atoms with Gasteiger partial charge >= 0.3 is 5.97 Å². The van der Waals surface area contributed by atoms with Crippen LogP contribution in [0.3, 0.4) is 0 Å². The van der Waals surface area contributed by atoms with Crippen LogP contribution in [0.4, 0.5) is 0 Å². The lowest BCUT2D eigenvalue weighted by Crippen LogP contribution is -2.05. The highest BCUT2D eigenvalue weighted by Gasteiger charge is 2.03. The maximum Gasteiger partial charge on any atom is 0.305 e. The van der Waals surface area contributed by atoms with Crippen molar-refractivity contribution in [2.24, 2.45) is 0 Å². The highest BCUT2D eigenvalue weighted by atomic mass is 16.5. The number of hydrogen-bond acceptors (Lipinski definition) is 3. The lowest BCUT2D eigenvalue weighted by atomic mass is 10.0. The lowest BCUT2D eigenvalue weighted by Gasteiger charge is -2.06. The van der Waals surface area contributed by atoms with Gasteiger partial charge in [-0.2, -0.15) is 0 Å². The first kappa shape index (κ1) is 61.2. The van der Waals surface area contributed by atoms with E-state index in [9.17, 15) is 4.79 Å². The number of aliphatic hydroxyl groups is 1. The van der Waals surface area contributed by atoms with Gasteiger partial charge in [0.15, 0.2) is 0 Å². The van der Waals surface area contributed by atoms with Gasteiger partial charge in [-0.25, -0.2) is 0 Å². The maximum absolute atomic E-state index is 12.1. The van der Waals surface area contributed by atoms with E-state index in [1.165, 1.54) is 315 Å². The minimum Gasteiger partial charge on any atom is -0.466 e. The van der Waals surface area contributed by atoms with Gasteiger partial charge in [-0.15, -0.1) is 0 Å². The number of rotatable bonds is 56. The zero-order valence-corrected chi connectivity index (χ0v) is 42.8. The third kappa shape index (κ3) is 57.2. The van der Waals surface area contributed by atoms with E-state index in [-0.39, 0.29) is 5.97 Å². The summed E-state index contributed by atoms with van der Waals surface area (Å²) < 4.78 is 5.50. The second-order valence-corrected chi connectivity index (χ2v) is 20.1. The fraction of sp³-hybridized carbons (Fsp3) is 0.949. The Kier molecular flexibility index (Phi) is 57.4. The third-order valence-electron chi connectivity index (χ3n) is 13.7. The van der Waals surface area contributed by atoms with Crippen molar-refractivity contribution in [3.05, 3.63) is 12.2 Å². The molecule has 0 unspecified atom stereocenters. The van der Waals surface area contributed by atoms with E-state index in [0.717, 1.165) is 19.3 Å². The van der Waals surface area contributed by atoms with Crippen LogP contribution in [0.2, 0.25) is 0 Å². The van der Waals surface area contributed by atoms with Crippen LogP contribution >= 0.6 is 0 Å². The molecule has 0 bridgehead atoms. The minimum absolute atomic E-state index is 0.0274. The molecule has 0 radical (unpaired) electrons. The predicted molar refractivity (Wildman–Crippen MR) is 278 cm³/mol. The van der Waals surface area contributed by atoms with Crippen LogP contribution in [0.15, 0.2) is 12.2 Å². The van der Waals surface area contributed by atoms with E-state index >= 15 is 0 Å². The second-order valence-electron chi connectivity index (χ2n) is 20.1. The molecule has 0 amide bonds. The molecule has 0 aliphatic rings. The number of aliphatic hydroxyl groups excluding tert-OH is 1. The average molecular weight is 874 g/mol. The number of carbonyl (C=O) groups is 1. The highest BCUT2D eigenvalue weighted by molar-refractivity contribution is 5.69. The Morgan fingerprint density at radius 3 is 0.806 bits per heavy atom. The Bertz CT molecular complexity index is 822. The van der Waals surface area contributed by atoms with Crippen LogP contribution in [-0.4, -0.2) is 24.3 Å². The molecule has 0 aromatic heterocycles. The Morgan fingerprint density at radius 2 is 0.532 bits per heavy atom. The molecule has 0 aliphatic carbocycles. The van der Waals surface area contributed by atoms with Crippen LogP contribution < -0.4 is 0 Å². The smallest absolute Gasteiger partial charge is 0.305 e. The summed E-state index contributed by atoms with van der Waals surface area (Å²) in [6.45, 7) is 3.29. The molecule has 370 valence electrons. The largest absolute Gasteiger partial charge is 0.466 e. The molecule has 0 saturated carbocycles. The van der Waals surface area contributed by atoms with Crippen molar-refractivity contribution in [1.29, 1.82) is 0 Å². The van der Waals surface area contributed by atoms with Crippen LogP contribution in [0.25, 0.3) is 0 Å². The van der Waals surface area contributed by atoms with Crippen molar-refractivity contribution < 1.29 is 14.6 Å². The predicted octanol–water partition coefficient (Wildman–Crippen LogP) is 20.8. The van der Waals surface area contributed by atoms with Crippen LogP contribution in [-0.2, 0) is 9.53 Å². The monoisotopic (exact) mass is 873 g/mol. The molecule has 0 saturated heterocycles. The zero-order valence-electron chi connectivity index (χ0n) is 42.8. The van der Waals surface area contributed by atoms with Crippen LogP contribution in [0.1, 0.15) is 347 Å². The highest BCUT2D eigenvalue weighted by Crippen LogP contribution is 2.18. The average Bonchev–Trinajstić information content (AvgIpc) is 3.28. The van der Waals surface area contributed by atoms with Crippen molar-refractivity contribution in [2.75, 3.05) is 13.2 Å². The molecule has 0 fully saturated rings. The summed E-state index contributed by atoms with van der Waals surface area (Å²) in [5.41, 5.74) is 0. The summed E-state index contributed by atoms with van der Waals surface area (Å²) in [6, 6.07) is 0. The third-order valence-corrected chi connectivity index (χ3v) is 13.7. The van der Waals surface area contributed by atoms with Gasteiger partial charge in [-0.05, 0) is 44.9 Å². The number of ether oxygens (including phenoxy) is 1. The van der Waals surface area contributed by atoms with Crippen LogP contribution in [0.5, 0.6) is 0 Å². The molecule has 62 heavy (non-hydrogen) atoms. The van der Waals surface area contributed by atoms with E-state index in [0.29, 0.717) is 19.6 Å². The fourth-order valence-electron chi connectivity index (χ4n) is 9.35. The van der Waals surface area contributed by atoms with Crippen LogP contribution in [0, 0.1) is 0 Å². The first-order valence-electron chi connectivity index (χ1n) is 29.2. The zero-order chi connectivity index (χ0) is 44.6. The SMILES string of the molecule is CCCCCCCCC=CCCCCCCCCCCCC(=O)OCCCCCCCCCCCCCCCCCCCCCCCCCCCCCCCCCCCCCO. The Morgan fingerprint density at radius 1 is 0.306 bits per heavy atom. The van der Waals surface area contributed by atoms with Crippen molar-refractivity contribution >= 4 is 5.97 Å². The molecule has 3 heteroatoms. The number of hydrogen-bond donors (Lipinski definition) is 1. The Labute approximate surface area is 391 Å². The number of esters is 1. The molecule has 0 aromatic rings. The first-order valence-corrected chi connectivity index (χ1v) is 29.2. The Hall–Kier alpha value is -0.830. The van der Waals surface area contributed by atoms with Gasteiger partial charge in [0.1, 0.15) is 0 Å².